The molecule has 0 rings (SSSR count). The second kappa shape index (κ2) is 10.4. The Morgan fingerprint density at radius 1 is 1.86 bits per heavy atom. The van der Waals surface area contributed by atoms with Gasteiger partial charge in [-0.2, -0.15) is 12.6 Å². The minimum absolute atomic E-state index is 0. The van der Waals surface area contributed by atoms with Crippen LogP contribution in [0.1, 0.15) is 19.1 Å². The van der Waals surface area contributed by atoms with Crippen molar-refractivity contribution in [1.29, 1.82) is 0 Å². The summed E-state index contributed by atoms with van der Waals surface area (Å²) in [7, 11) is 0. The Labute approximate surface area is 79.1 Å². The fraction of sp³-hybridized carbons (Fsp3) is 1.00. The van der Waals surface area contributed by atoms with Crippen LogP contribution in [0.15, 0.2) is 0 Å². The van der Waals surface area contributed by atoms with Crippen LogP contribution in [0.25, 0.3) is 0 Å². The zero-order valence-electron chi connectivity index (χ0n) is 8.89. The molecule has 2 N–H and O–H groups in total. The van der Waals surface area contributed by atoms with E-state index in [1.165, 1.54) is 0 Å². The van der Waals surface area contributed by atoms with Gasteiger partial charge in [0.2, 0.25) is 0 Å². The van der Waals surface area contributed by atoms with Gasteiger partial charge in [-0.3, -0.25) is 0 Å². The van der Waals surface area contributed by atoms with Crippen LogP contribution in [0.3, 0.4) is 0 Å². The second-order valence-electron chi connectivity index (χ2n) is 0.976. The van der Waals surface area contributed by atoms with Crippen LogP contribution >= 0.6 is 12.6 Å². The van der Waals surface area contributed by atoms with Crippen molar-refractivity contribution < 1.29 is 24.6 Å². The SMILES string of the molecule is CCC(N)S.[Al+3].[H-].[H-].[H-].[H-].[Li+]. The van der Waals surface area contributed by atoms with Crippen molar-refractivity contribution in [3.05, 3.63) is 0 Å². The first-order chi connectivity index (χ1) is 2.27. The quantitative estimate of drug-likeness (QED) is 0.232. The molecule has 0 aliphatic carbocycles. The van der Waals surface area contributed by atoms with Gasteiger partial charge in [0.25, 0.3) is 0 Å². The molecule has 1 unspecified atom stereocenters. The van der Waals surface area contributed by atoms with Crippen LogP contribution in [-0.4, -0.2) is 22.7 Å². The Bertz CT molecular complexity index is 39.3. The minimum atomic E-state index is 0. The smallest absolute Gasteiger partial charge is 1.00 e. The van der Waals surface area contributed by atoms with Gasteiger partial charge in [0.05, 0.1) is 0 Å². The van der Waals surface area contributed by atoms with Gasteiger partial charge < -0.3 is 11.4 Å². The summed E-state index contributed by atoms with van der Waals surface area (Å²) in [6, 6.07) is 0. The summed E-state index contributed by atoms with van der Waals surface area (Å²) in [5.41, 5.74) is 5.16. The summed E-state index contributed by atoms with van der Waals surface area (Å²) in [5.74, 6) is 0. The number of hydrogen-bond donors (Lipinski definition) is 2. The maximum absolute atomic E-state index is 5.16. The first-order valence-corrected chi connectivity index (χ1v) is 2.22. The van der Waals surface area contributed by atoms with Crippen molar-refractivity contribution >= 4 is 30.0 Å². The van der Waals surface area contributed by atoms with Gasteiger partial charge in [-0.25, -0.2) is 0 Å². The van der Waals surface area contributed by atoms with Gasteiger partial charge >= 0.3 is 36.2 Å². The number of rotatable bonds is 1. The predicted molar refractivity (Wildman–Crippen MR) is 37.5 cm³/mol. The summed E-state index contributed by atoms with van der Waals surface area (Å²) < 4.78 is 0. The molecule has 0 saturated carbocycles. The van der Waals surface area contributed by atoms with E-state index < -0.39 is 0 Å². The van der Waals surface area contributed by atoms with Crippen LogP contribution in [-0.2, 0) is 0 Å². The van der Waals surface area contributed by atoms with Gasteiger partial charge in [-0.1, -0.05) is 6.92 Å². The Balaban J connectivity index is -0.00000000533. The molecular weight excluding hydrogens is 116 g/mol. The monoisotopic (exact) mass is 129 g/mol. The zero-order chi connectivity index (χ0) is 4.28. The largest absolute Gasteiger partial charge is 3.00 e. The molecule has 0 aliphatic heterocycles. The van der Waals surface area contributed by atoms with Gasteiger partial charge in [0.1, 0.15) is 0 Å². The third-order valence-electron chi connectivity index (χ3n) is 0.418. The average Bonchev–Trinajstić information content (AvgIpc) is 1.38. The second-order valence-corrected chi connectivity index (χ2v) is 1.64. The molecule has 0 bridgehead atoms. The van der Waals surface area contributed by atoms with E-state index in [1.54, 1.807) is 0 Å². The summed E-state index contributed by atoms with van der Waals surface area (Å²) in [5, 5.41) is 0.0787. The standard InChI is InChI=1S/C3H9NS.Al.Li.4H/c1-2-3(4)5;;;;;;/h3,5H,2,4H2,1H3;;;;;;/q;+3;+1;4*-1. The molecule has 0 radical (unpaired) electrons. The van der Waals surface area contributed by atoms with E-state index in [0.717, 1.165) is 6.42 Å². The fourth-order valence-electron chi connectivity index (χ4n) is 0. The van der Waals surface area contributed by atoms with Crippen LogP contribution in [0.4, 0.5) is 0 Å². The Morgan fingerprint density at radius 3 is 2.00 bits per heavy atom. The molecule has 0 aromatic carbocycles. The van der Waals surface area contributed by atoms with E-state index in [-0.39, 0.29) is 47.3 Å². The Kier molecular flexibility index (Phi) is 23.5. The van der Waals surface area contributed by atoms with Gasteiger partial charge in [-0.15, -0.1) is 0 Å². The van der Waals surface area contributed by atoms with Gasteiger partial charge in [-0.05, 0) is 6.42 Å². The molecule has 0 aromatic rings. The first-order valence-electron chi connectivity index (χ1n) is 1.71. The first kappa shape index (κ1) is 15.8. The normalized spacial score (nSPS) is 10.7. The summed E-state index contributed by atoms with van der Waals surface area (Å²) in [6.45, 7) is 2.00. The molecule has 0 spiro atoms. The number of nitrogens with two attached hydrogens (primary N) is 1. The molecule has 40 valence electrons. The maximum Gasteiger partial charge on any atom is 3.00 e. The predicted octanol–water partition coefficient (Wildman–Crippen LogP) is -2.32. The van der Waals surface area contributed by atoms with Crippen molar-refractivity contribution in [3.8, 4) is 0 Å². The average molecular weight is 129 g/mol. The summed E-state index contributed by atoms with van der Waals surface area (Å²) >= 11 is 3.88. The van der Waals surface area contributed by atoms with E-state index in [4.69, 9.17) is 5.73 Å². The molecule has 1 nitrogen and oxygen atoms in total. The molecular formula is C3H13AlLiNS. The van der Waals surface area contributed by atoms with E-state index >= 15 is 0 Å². The number of thiol groups is 1. The zero-order valence-corrected chi connectivity index (χ0v) is 6.94. The van der Waals surface area contributed by atoms with Gasteiger partial charge in [0.15, 0.2) is 0 Å². The molecule has 0 fully saturated rings. The van der Waals surface area contributed by atoms with Crippen LogP contribution in [0, 0.1) is 0 Å². The van der Waals surface area contributed by atoms with Crippen molar-refractivity contribution in [1.82, 2.24) is 0 Å². The van der Waals surface area contributed by atoms with E-state index in [2.05, 4.69) is 12.6 Å². The molecule has 7 heavy (non-hydrogen) atoms. The molecule has 0 aromatic heterocycles. The van der Waals surface area contributed by atoms with E-state index in [0.29, 0.717) is 0 Å². The topological polar surface area (TPSA) is 26.0 Å². The van der Waals surface area contributed by atoms with Crippen molar-refractivity contribution in [2.75, 3.05) is 0 Å². The van der Waals surface area contributed by atoms with Crippen LogP contribution in [0.5, 0.6) is 0 Å². The van der Waals surface area contributed by atoms with Crippen molar-refractivity contribution in [2.24, 2.45) is 5.73 Å². The van der Waals surface area contributed by atoms with Crippen molar-refractivity contribution in [2.45, 2.75) is 18.7 Å². The molecule has 0 heterocycles. The Hall–Kier alpha value is 1.44. The van der Waals surface area contributed by atoms with E-state index in [1.807, 2.05) is 6.92 Å². The molecule has 0 saturated heterocycles. The van der Waals surface area contributed by atoms with Crippen LogP contribution < -0.4 is 24.6 Å². The summed E-state index contributed by atoms with van der Waals surface area (Å²) in [6.07, 6.45) is 0.948. The van der Waals surface area contributed by atoms with Gasteiger partial charge in [0, 0.05) is 5.37 Å². The number of hydrogen-bond acceptors (Lipinski definition) is 2. The molecule has 0 amide bonds. The molecule has 0 aliphatic rings. The third kappa shape index (κ3) is 18.6. The molecule has 1 atom stereocenters. The molecule has 4 heteroatoms. The van der Waals surface area contributed by atoms with E-state index in [9.17, 15) is 0 Å². The Morgan fingerprint density at radius 2 is 2.00 bits per heavy atom. The summed E-state index contributed by atoms with van der Waals surface area (Å²) in [4.78, 5) is 0. The van der Waals surface area contributed by atoms with Crippen molar-refractivity contribution in [3.63, 3.8) is 0 Å². The third-order valence-corrected chi connectivity index (χ3v) is 0.783. The minimum Gasteiger partial charge on any atom is -1.00 e. The maximum atomic E-state index is 5.16. The fourth-order valence-corrected chi connectivity index (χ4v) is 0. The van der Waals surface area contributed by atoms with Crippen LogP contribution in [0.2, 0.25) is 0 Å².